The number of aryl methyl sites for hydroxylation is 1. The predicted octanol–water partition coefficient (Wildman–Crippen LogP) is 1.13. The van der Waals surface area contributed by atoms with Crippen LogP contribution in [0.2, 0.25) is 0 Å². The zero-order chi connectivity index (χ0) is 15.2. The minimum absolute atomic E-state index is 0.0825. The van der Waals surface area contributed by atoms with Gasteiger partial charge in [-0.15, -0.1) is 0 Å². The summed E-state index contributed by atoms with van der Waals surface area (Å²) in [5, 5.41) is 17.9. The maximum absolute atomic E-state index is 13.7. The van der Waals surface area contributed by atoms with E-state index >= 15 is 0 Å². The first-order valence-corrected chi connectivity index (χ1v) is 6.28. The van der Waals surface area contributed by atoms with Crippen molar-refractivity contribution >= 4 is 5.91 Å². The Labute approximate surface area is 121 Å². The number of aliphatic hydroxyl groups is 1. The molecule has 1 aromatic heterocycles. The highest BCUT2D eigenvalue weighted by Crippen LogP contribution is 2.11. The van der Waals surface area contributed by atoms with E-state index < -0.39 is 11.7 Å². The Morgan fingerprint density at radius 1 is 1.52 bits per heavy atom. The zero-order valence-electron chi connectivity index (χ0n) is 11.4. The Kier molecular flexibility index (Phi) is 4.69. The van der Waals surface area contributed by atoms with Crippen LogP contribution >= 0.6 is 0 Å². The van der Waals surface area contributed by atoms with Gasteiger partial charge in [0.25, 0.3) is 5.91 Å². The Hall–Kier alpha value is -2.65. The number of benzene rings is 1. The number of aliphatic hydroxyl groups excluding tert-OH is 1. The number of H-pyrrole nitrogens is 1. The lowest BCUT2D eigenvalue weighted by molar-refractivity contribution is 0.0947. The highest BCUT2D eigenvalue weighted by Gasteiger charge is 2.12. The number of carbonyl (C=O) groups excluding carboxylic acids is 1. The van der Waals surface area contributed by atoms with Gasteiger partial charge in [-0.25, -0.2) is 4.39 Å². The van der Waals surface area contributed by atoms with Crippen LogP contribution in [-0.2, 0) is 6.54 Å². The number of rotatable bonds is 3. The second-order valence-corrected chi connectivity index (χ2v) is 4.36. The lowest BCUT2D eigenvalue weighted by Crippen LogP contribution is -2.24. The van der Waals surface area contributed by atoms with E-state index in [1.165, 1.54) is 18.2 Å². The standard InChI is InChI=1S/C15H14FN3O2/c1-10-12(9-18-19-10)8-17-15(21)13-7-11(3-2-6-20)4-5-14(13)16/h4-5,7,9,20H,6,8H2,1H3,(H,17,21)(H,18,19). The molecular weight excluding hydrogens is 273 g/mol. The third-order valence-electron chi connectivity index (χ3n) is 2.90. The van der Waals surface area contributed by atoms with Gasteiger partial charge in [-0.3, -0.25) is 9.89 Å². The molecule has 108 valence electrons. The summed E-state index contributed by atoms with van der Waals surface area (Å²) < 4.78 is 13.7. The van der Waals surface area contributed by atoms with Crippen molar-refractivity contribution in [1.29, 1.82) is 0 Å². The van der Waals surface area contributed by atoms with E-state index in [-0.39, 0.29) is 18.7 Å². The van der Waals surface area contributed by atoms with Gasteiger partial charge in [-0.1, -0.05) is 11.8 Å². The van der Waals surface area contributed by atoms with Gasteiger partial charge >= 0.3 is 0 Å². The van der Waals surface area contributed by atoms with E-state index in [1.54, 1.807) is 6.20 Å². The Balaban J connectivity index is 2.13. The van der Waals surface area contributed by atoms with Crippen molar-refractivity contribution in [1.82, 2.24) is 15.5 Å². The van der Waals surface area contributed by atoms with E-state index in [9.17, 15) is 9.18 Å². The fraction of sp³-hybridized carbons (Fsp3) is 0.200. The first kappa shape index (κ1) is 14.8. The van der Waals surface area contributed by atoms with E-state index in [0.717, 1.165) is 11.3 Å². The maximum atomic E-state index is 13.7. The molecule has 2 aromatic rings. The Bertz CT molecular complexity index is 713. The average molecular weight is 287 g/mol. The molecule has 0 aliphatic rings. The highest BCUT2D eigenvalue weighted by atomic mass is 19.1. The first-order valence-electron chi connectivity index (χ1n) is 6.28. The molecule has 2 rings (SSSR count). The molecule has 5 nitrogen and oxygen atoms in total. The number of aromatic nitrogens is 2. The molecule has 0 fully saturated rings. The third-order valence-corrected chi connectivity index (χ3v) is 2.90. The molecule has 0 saturated heterocycles. The van der Waals surface area contributed by atoms with Crippen molar-refractivity contribution in [3.05, 3.63) is 52.6 Å². The van der Waals surface area contributed by atoms with E-state index in [0.29, 0.717) is 5.56 Å². The lowest BCUT2D eigenvalue weighted by atomic mass is 10.1. The van der Waals surface area contributed by atoms with Gasteiger partial charge in [-0.05, 0) is 25.1 Å². The van der Waals surface area contributed by atoms with Gasteiger partial charge in [0, 0.05) is 23.4 Å². The van der Waals surface area contributed by atoms with Gasteiger partial charge < -0.3 is 10.4 Å². The fourth-order valence-electron chi connectivity index (χ4n) is 1.74. The van der Waals surface area contributed by atoms with Crippen LogP contribution in [0, 0.1) is 24.6 Å². The molecule has 21 heavy (non-hydrogen) atoms. The maximum Gasteiger partial charge on any atom is 0.254 e. The van der Waals surface area contributed by atoms with Crippen LogP contribution in [0.3, 0.4) is 0 Å². The summed E-state index contributed by atoms with van der Waals surface area (Å²) in [6.45, 7) is 1.80. The Morgan fingerprint density at radius 3 is 3.00 bits per heavy atom. The quantitative estimate of drug-likeness (QED) is 0.741. The van der Waals surface area contributed by atoms with Gasteiger partial charge in [-0.2, -0.15) is 5.10 Å². The van der Waals surface area contributed by atoms with Crippen LogP contribution in [0.5, 0.6) is 0 Å². The molecule has 0 radical (unpaired) electrons. The van der Waals surface area contributed by atoms with Crippen LogP contribution in [0.1, 0.15) is 27.2 Å². The average Bonchev–Trinajstić information content (AvgIpc) is 2.89. The molecule has 6 heteroatoms. The summed E-state index contributed by atoms with van der Waals surface area (Å²) >= 11 is 0. The third kappa shape index (κ3) is 3.68. The number of aromatic amines is 1. The van der Waals surface area contributed by atoms with Crippen molar-refractivity contribution in [2.24, 2.45) is 0 Å². The highest BCUT2D eigenvalue weighted by molar-refractivity contribution is 5.94. The van der Waals surface area contributed by atoms with E-state index in [1.807, 2.05) is 6.92 Å². The smallest absolute Gasteiger partial charge is 0.254 e. The SMILES string of the molecule is Cc1[nH]ncc1CNC(=O)c1cc(C#CCO)ccc1F. The molecule has 1 heterocycles. The fourth-order valence-corrected chi connectivity index (χ4v) is 1.74. The number of halogens is 1. The molecule has 0 bridgehead atoms. The van der Waals surface area contributed by atoms with E-state index in [4.69, 9.17) is 5.11 Å². The van der Waals surface area contributed by atoms with Crippen LogP contribution in [0.25, 0.3) is 0 Å². The summed E-state index contributed by atoms with van der Waals surface area (Å²) in [6, 6.07) is 3.99. The molecule has 0 saturated carbocycles. The molecule has 0 atom stereocenters. The minimum Gasteiger partial charge on any atom is -0.384 e. The largest absolute Gasteiger partial charge is 0.384 e. The van der Waals surface area contributed by atoms with Crippen LogP contribution < -0.4 is 5.32 Å². The normalized spacial score (nSPS) is 9.86. The molecule has 0 aliphatic heterocycles. The van der Waals surface area contributed by atoms with Crippen LogP contribution in [-0.4, -0.2) is 27.8 Å². The zero-order valence-corrected chi connectivity index (χ0v) is 11.4. The van der Waals surface area contributed by atoms with Crippen molar-refractivity contribution in [3.8, 4) is 11.8 Å². The van der Waals surface area contributed by atoms with Gasteiger partial charge in [0.15, 0.2) is 0 Å². The van der Waals surface area contributed by atoms with Gasteiger partial charge in [0.05, 0.1) is 11.8 Å². The van der Waals surface area contributed by atoms with Crippen LogP contribution in [0.15, 0.2) is 24.4 Å². The summed E-state index contributed by atoms with van der Waals surface area (Å²) in [5.74, 6) is 3.94. The number of nitrogens with zero attached hydrogens (tertiary/aromatic N) is 1. The second kappa shape index (κ2) is 6.68. The summed E-state index contributed by atoms with van der Waals surface area (Å²) in [6.07, 6.45) is 1.61. The second-order valence-electron chi connectivity index (χ2n) is 4.36. The monoisotopic (exact) mass is 287 g/mol. The molecule has 0 spiro atoms. The minimum atomic E-state index is -0.619. The molecule has 0 unspecified atom stereocenters. The number of nitrogens with one attached hydrogen (secondary N) is 2. The Morgan fingerprint density at radius 2 is 2.33 bits per heavy atom. The summed E-state index contributed by atoms with van der Waals surface area (Å²) in [4.78, 5) is 12.0. The topological polar surface area (TPSA) is 78.0 Å². The number of hydrogen-bond acceptors (Lipinski definition) is 3. The van der Waals surface area contributed by atoms with Crippen molar-refractivity contribution in [2.45, 2.75) is 13.5 Å². The number of hydrogen-bond donors (Lipinski definition) is 3. The first-order chi connectivity index (χ1) is 10.1. The lowest BCUT2D eigenvalue weighted by Gasteiger charge is -2.06. The predicted molar refractivity (Wildman–Crippen MR) is 74.9 cm³/mol. The van der Waals surface area contributed by atoms with Crippen LogP contribution in [0.4, 0.5) is 4.39 Å². The van der Waals surface area contributed by atoms with Crippen molar-refractivity contribution < 1.29 is 14.3 Å². The molecule has 1 amide bonds. The van der Waals surface area contributed by atoms with Gasteiger partial charge in [0.2, 0.25) is 0 Å². The van der Waals surface area contributed by atoms with Crippen molar-refractivity contribution in [3.63, 3.8) is 0 Å². The van der Waals surface area contributed by atoms with Crippen molar-refractivity contribution in [2.75, 3.05) is 6.61 Å². The molecule has 3 N–H and O–H groups in total. The molecule has 1 aromatic carbocycles. The summed E-state index contributed by atoms with van der Waals surface area (Å²) in [7, 11) is 0. The number of amides is 1. The molecular formula is C15H14FN3O2. The number of carbonyl (C=O) groups is 1. The summed E-state index contributed by atoms with van der Waals surface area (Å²) in [5.41, 5.74) is 2.06. The molecule has 0 aliphatic carbocycles. The van der Waals surface area contributed by atoms with E-state index in [2.05, 4.69) is 27.4 Å². The van der Waals surface area contributed by atoms with Gasteiger partial charge in [0.1, 0.15) is 12.4 Å².